The first-order valence-corrected chi connectivity index (χ1v) is 6.91. The molecule has 2 N–H and O–H groups in total. The molecule has 1 saturated heterocycles. The zero-order valence-electron chi connectivity index (χ0n) is 10.6. The van der Waals surface area contributed by atoms with Crippen LogP contribution in [0.15, 0.2) is 24.3 Å². The number of nitrogens with one attached hydrogen (secondary N) is 2. The largest absolute Gasteiger partial charge is 0.355 e. The van der Waals surface area contributed by atoms with Crippen molar-refractivity contribution in [2.24, 2.45) is 0 Å². The second-order valence-electron chi connectivity index (χ2n) is 5.41. The van der Waals surface area contributed by atoms with Gasteiger partial charge in [0.2, 0.25) is 5.91 Å². The normalized spacial score (nSPS) is 27.4. The SMILES string of the molecule is O=C1CCC(NC2CCc3ccccc3C2)CN1. The molecule has 1 aromatic rings. The number of piperidine rings is 1. The highest BCUT2D eigenvalue weighted by Gasteiger charge is 2.23. The molecule has 3 nitrogen and oxygen atoms in total. The van der Waals surface area contributed by atoms with Crippen molar-refractivity contribution in [3.8, 4) is 0 Å². The number of rotatable bonds is 2. The summed E-state index contributed by atoms with van der Waals surface area (Å²) in [5.74, 6) is 0.196. The van der Waals surface area contributed by atoms with E-state index in [-0.39, 0.29) is 5.91 Å². The predicted octanol–water partition coefficient (Wildman–Crippen LogP) is 1.41. The summed E-state index contributed by atoms with van der Waals surface area (Å²) >= 11 is 0. The highest BCUT2D eigenvalue weighted by molar-refractivity contribution is 5.76. The Hall–Kier alpha value is -1.35. The molecule has 1 aliphatic heterocycles. The highest BCUT2D eigenvalue weighted by Crippen LogP contribution is 2.21. The molecule has 2 atom stereocenters. The van der Waals surface area contributed by atoms with Gasteiger partial charge in [-0.15, -0.1) is 0 Å². The van der Waals surface area contributed by atoms with E-state index in [0.29, 0.717) is 18.5 Å². The van der Waals surface area contributed by atoms with E-state index in [2.05, 4.69) is 34.9 Å². The summed E-state index contributed by atoms with van der Waals surface area (Å²) in [5, 5.41) is 6.64. The van der Waals surface area contributed by atoms with E-state index in [1.54, 1.807) is 0 Å². The molecule has 96 valence electrons. The van der Waals surface area contributed by atoms with E-state index in [9.17, 15) is 4.79 Å². The van der Waals surface area contributed by atoms with Crippen LogP contribution in [0.4, 0.5) is 0 Å². The molecule has 1 amide bonds. The van der Waals surface area contributed by atoms with Crippen molar-refractivity contribution in [1.29, 1.82) is 0 Å². The van der Waals surface area contributed by atoms with Crippen molar-refractivity contribution in [2.75, 3.05) is 6.54 Å². The molecule has 0 spiro atoms. The summed E-state index contributed by atoms with van der Waals surface area (Å²) in [4.78, 5) is 11.1. The molecule has 1 fully saturated rings. The monoisotopic (exact) mass is 244 g/mol. The van der Waals surface area contributed by atoms with Crippen molar-refractivity contribution < 1.29 is 4.79 Å². The number of carbonyl (C=O) groups excluding carboxylic acids is 1. The van der Waals surface area contributed by atoms with Crippen molar-refractivity contribution in [2.45, 2.75) is 44.2 Å². The van der Waals surface area contributed by atoms with Gasteiger partial charge in [0.05, 0.1) is 0 Å². The topological polar surface area (TPSA) is 41.1 Å². The van der Waals surface area contributed by atoms with Gasteiger partial charge in [0.15, 0.2) is 0 Å². The molecule has 0 aromatic heterocycles. The number of fused-ring (bicyclic) bond motifs is 1. The minimum Gasteiger partial charge on any atom is -0.355 e. The molecule has 1 heterocycles. The van der Waals surface area contributed by atoms with E-state index < -0.39 is 0 Å². The molecule has 0 radical (unpaired) electrons. The molecular formula is C15H20N2O. The fourth-order valence-corrected chi connectivity index (χ4v) is 3.05. The molecule has 0 saturated carbocycles. The van der Waals surface area contributed by atoms with Crippen molar-refractivity contribution >= 4 is 5.91 Å². The Morgan fingerprint density at radius 1 is 1.06 bits per heavy atom. The van der Waals surface area contributed by atoms with Crippen LogP contribution in [0.25, 0.3) is 0 Å². The number of aryl methyl sites for hydroxylation is 1. The van der Waals surface area contributed by atoms with Gasteiger partial charge in [0.25, 0.3) is 0 Å². The Bertz CT molecular complexity index is 434. The lowest BCUT2D eigenvalue weighted by Crippen LogP contribution is -2.50. The van der Waals surface area contributed by atoms with Crippen LogP contribution < -0.4 is 10.6 Å². The van der Waals surface area contributed by atoms with Gasteiger partial charge in [-0.2, -0.15) is 0 Å². The van der Waals surface area contributed by atoms with Crippen molar-refractivity contribution in [3.63, 3.8) is 0 Å². The third-order valence-corrected chi connectivity index (χ3v) is 4.08. The second kappa shape index (κ2) is 5.11. The Balaban J connectivity index is 1.58. The van der Waals surface area contributed by atoms with Crippen LogP contribution in [-0.2, 0) is 17.6 Å². The molecule has 3 rings (SSSR count). The van der Waals surface area contributed by atoms with Crippen molar-refractivity contribution in [3.05, 3.63) is 35.4 Å². The van der Waals surface area contributed by atoms with Crippen LogP contribution >= 0.6 is 0 Å². The molecule has 3 heteroatoms. The quantitative estimate of drug-likeness (QED) is 0.826. The molecule has 2 aliphatic rings. The number of carbonyl (C=O) groups is 1. The van der Waals surface area contributed by atoms with Crippen LogP contribution in [-0.4, -0.2) is 24.5 Å². The van der Waals surface area contributed by atoms with Crippen LogP contribution in [0.1, 0.15) is 30.4 Å². The summed E-state index contributed by atoms with van der Waals surface area (Å²) < 4.78 is 0. The Morgan fingerprint density at radius 3 is 2.61 bits per heavy atom. The molecule has 0 bridgehead atoms. The number of hydrogen-bond acceptors (Lipinski definition) is 2. The van der Waals surface area contributed by atoms with E-state index in [1.165, 1.54) is 24.0 Å². The van der Waals surface area contributed by atoms with E-state index in [0.717, 1.165) is 19.4 Å². The summed E-state index contributed by atoms with van der Waals surface area (Å²) in [6, 6.07) is 9.77. The van der Waals surface area contributed by atoms with E-state index >= 15 is 0 Å². The molecule has 1 aliphatic carbocycles. The average Bonchev–Trinajstić information content (AvgIpc) is 2.41. The highest BCUT2D eigenvalue weighted by atomic mass is 16.1. The van der Waals surface area contributed by atoms with Gasteiger partial charge in [0, 0.05) is 25.0 Å². The molecule has 18 heavy (non-hydrogen) atoms. The first-order chi connectivity index (χ1) is 8.81. The fourth-order valence-electron chi connectivity index (χ4n) is 3.05. The molecule has 1 aromatic carbocycles. The van der Waals surface area contributed by atoms with Crippen LogP contribution in [0.5, 0.6) is 0 Å². The van der Waals surface area contributed by atoms with Crippen LogP contribution in [0.2, 0.25) is 0 Å². The van der Waals surface area contributed by atoms with Gasteiger partial charge in [0.1, 0.15) is 0 Å². The predicted molar refractivity (Wildman–Crippen MR) is 71.4 cm³/mol. The summed E-state index contributed by atoms with van der Waals surface area (Å²) in [6.45, 7) is 0.789. The minimum absolute atomic E-state index is 0.196. The maximum absolute atomic E-state index is 11.1. The third-order valence-electron chi connectivity index (χ3n) is 4.08. The smallest absolute Gasteiger partial charge is 0.220 e. The molecular weight excluding hydrogens is 224 g/mol. The minimum atomic E-state index is 0.196. The lowest BCUT2D eigenvalue weighted by atomic mass is 9.87. The lowest BCUT2D eigenvalue weighted by molar-refractivity contribution is -0.122. The first-order valence-electron chi connectivity index (χ1n) is 6.91. The van der Waals surface area contributed by atoms with Crippen molar-refractivity contribution in [1.82, 2.24) is 10.6 Å². The zero-order valence-corrected chi connectivity index (χ0v) is 10.6. The maximum Gasteiger partial charge on any atom is 0.220 e. The van der Waals surface area contributed by atoms with Crippen LogP contribution in [0, 0.1) is 0 Å². The van der Waals surface area contributed by atoms with Gasteiger partial charge in [-0.05, 0) is 36.8 Å². The standard InChI is InChI=1S/C15H20N2O/c18-15-8-7-14(10-16-15)17-13-6-5-11-3-1-2-4-12(11)9-13/h1-4,13-14,17H,5-10H2,(H,16,18). The molecule has 2 unspecified atom stereocenters. The second-order valence-corrected chi connectivity index (χ2v) is 5.41. The number of amides is 1. The third kappa shape index (κ3) is 2.56. The lowest BCUT2D eigenvalue weighted by Gasteiger charge is -2.31. The Morgan fingerprint density at radius 2 is 1.83 bits per heavy atom. The summed E-state index contributed by atoms with van der Waals surface area (Å²) in [6.07, 6.45) is 5.15. The Kier molecular flexibility index (Phi) is 3.33. The van der Waals surface area contributed by atoms with Gasteiger partial charge in [-0.25, -0.2) is 0 Å². The first kappa shape index (κ1) is 11.7. The van der Waals surface area contributed by atoms with E-state index in [1.807, 2.05) is 0 Å². The summed E-state index contributed by atoms with van der Waals surface area (Å²) in [7, 11) is 0. The maximum atomic E-state index is 11.1. The number of benzene rings is 1. The average molecular weight is 244 g/mol. The van der Waals surface area contributed by atoms with E-state index in [4.69, 9.17) is 0 Å². The van der Waals surface area contributed by atoms with Gasteiger partial charge < -0.3 is 10.6 Å². The van der Waals surface area contributed by atoms with Crippen LogP contribution in [0.3, 0.4) is 0 Å². The number of hydrogen-bond donors (Lipinski definition) is 2. The summed E-state index contributed by atoms with van der Waals surface area (Å²) in [5.41, 5.74) is 2.99. The van der Waals surface area contributed by atoms with Gasteiger partial charge in [-0.1, -0.05) is 24.3 Å². The zero-order chi connectivity index (χ0) is 12.4. The Labute approximate surface area is 108 Å². The van der Waals surface area contributed by atoms with Gasteiger partial charge in [-0.3, -0.25) is 4.79 Å². The van der Waals surface area contributed by atoms with Gasteiger partial charge >= 0.3 is 0 Å². The fraction of sp³-hybridized carbons (Fsp3) is 0.533.